The highest BCUT2D eigenvalue weighted by Gasteiger charge is 2.03. The number of benzene rings is 2. The van der Waals surface area contributed by atoms with E-state index in [2.05, 4.69) is 15.5 Å². The van der Waals surface area contributed by atoms with Gasteiger partial charge in [0.05, 0.1) is 17.7 Å². The summed E-state index contributed by atoms with van der Waals surface area (Å²) in [6.45, 7) is 1.81. The lowest BCUT2D eigenvalue weighted by Crippen LogP contribution is -2.01. The monoisotopic (exact) mass is 312 g/mol. The van der Waals surface area contributed by atoms with Crippen molar-refractivity contribution in [2.45, 2.75) is 6.92 Å². The Balaban J connectivity index is 1.75. The van der Waals surface area contributed by atoms with Crippen molar-refractivity contribution >= 4 is 11.4 Å². The standard InChI is InChI=1S/C17H14F2N4/c1-12(21-22-17-7-4-14(18)10-16(17)19)13-2-5-15(6-3-13)23-9-8-20-11-23/h2-11,22H,1H3/b21-12-. The lowest BCUT2D eigenvalue weighted by atomic mass is 10.1. The average molecular weight is 312 g/mol. The van der Waals surface area contributed by atoms with Gasteiger partial charge in [-0.3, -0.25) is 5.43 Å². The third-order valence-corrected chi connectivity index (χ3v) is 3.36. The van der Waals surface area contributed by atoms with Crippen molar-refractivity contribution in [2.24, 2.45) is 5.10 Å². The van der Waals surface area contributed by atoms with Crippen LogP contribution in [-0.4, -0.2) is 15.3 Å². The second-order valence-corrected chi connectivity index (χ2v) is 4.95. The molecular formula is C17H14F2N4. The fourth-order valence-corrected chi connectivity index (χ4v) is 2.08. The molecule has 116 valence electrons. The summed E-state index contributed by atoms with van der Waals surface area (Å²) in [4.78, 5) is 4.00. The molecule has 1 aromatic heterocycles. The molecule has 2 aromatic carbocycles. The summed E-state index contributed by atoms with van der Waals surface area (Å²) in [5.74, 6) is -1.30. The molecular weight excluding hydrogens is 298 g/mol. The van der Waals surface area contributed by atoms with Gasteiger partial charge in [-0.2, -0.15) is 5.10 Å². The minimum Gasteiger partial charge on any atom is -0.306 e. The summed E-state index contributed by atoms with van der Waals surface area (Å²) >= 11 is 0. The third kappa shape index (κ3) is 3.42. The molecule has 0 aliphatic heterocycles. The van der Waals surface area contributed by atoms with Crippen molar-refractivity contribution in [1.29, 1.82) is 0 Å². The molecule has 0 saturated heterocycles. The van der Waals surface area contributed by atoms with Crippen LogP contribution < -0.4 is 5.43 Å². The number of nitrogens with one attached hydrogen (secondary N) is 1. The maximum absolute atomic E-state index is 13.5. The fraction of sp³-hybridized carbons (Fsp3) is 0.0588. The number of imidazole rings is 1. The molecule has 3 rings (SSSR count). The van der Waals surface area contributed by atoms with Crippen molar-refractivity contribution in [2.75, 3.05) is 5.43 Å². The van der Waals surface area contributed by atoms with E-state index in [0.717, 1.165) is 17.3 Å². The molecule has 0 aliphatic rings. The molecule has 0 radical (unpaired) electrons. The summed E-state index contributed by atoms with van der Waals surface area (Å²) in [6.07, 6.45) is 5.28. The zero-order valence-corrected chi connectivity index (χ0v) is 12.4. The van der Waals surface area contributed by atoms with Crippen LogP contribution in [0.2, 0.25) is 0 Å². The van der Waals surface area contributed by atoms with Crippen molar-refractivity contribution < 1.29 is 8.78 Å². The number of hydrazone groups is 1. The minimum atomic E-state index is -0.683. The van der Waals surface area contributed by atoms with Crippen molar-refractivity contribution in [3.8, 4) is 5.69 Å². The summed E-state index contributed by atoms with van der Waals surface area (Å²) in [7, 11) is 0. The minimum absolute atomic E-state index is 0.126. The molecule has 0 fully saturated rings. The van der Waals surface area contributed by atoms with Crippen molar-refractivity contribution in [3.05, 3.63) is 78.4 Å². The Kier molecular flexibility index (Phi) is 4.14. The van der Waals surface area contributed by atoms with E-state index < -0.39 is 11.6 Å². The normalized spacial score (nSPS) is 11.5. The van der Waals surface area contributed by atoms with Crippen LogP contribution in [0, 0.1) is 11.6 Å². The zero-order valence-electron chi connectivity index (χ0n) is 12.4. The Bertz CT molecular complexity index is 824. The molecule has 0 saturated carbocycles. The highest BCUT2D eigenvalue weighted by Crippen LogP contribution is 2.15. The van der Waals surface area contributed by atoms with Gasteiger partial charge in [0.25, 0.3) is 0 Å². The van der Waals surface area contributed by atoms with E-state index in [9.17, 15) is 8.78 Å². The number of nitrogens with zero attached hydrogens (tertiary/aromatic N) is 3. The van der Waals surface area contributed by atoms with Crippen LogP contribution in [-0.2, 0) is 0 Å². The van der Waals surface area contributed by atoms with Crippen molar-refractivity contribution in [3.63, 3.8) is 0 Å². The van der Waals surface area contributed by atoms with Crippen LogP contribution in [0.1, 0.15) is 12.5 Å². The van der Waals surface area contributed by atoms with Crippen LogP contribution in [0.15, 0.2) is 66.3 Å². The Morgan fingerprint density at radius 3 is 2.57 bits per heavy atom. The average Bonchev–Trinajstić information content (AvgIpc) is 3.08. The molecule has 1 N–H and O–H groups in total. The first-order valence-corrected chi connectivity index (χ1v) is 6.97. The summed E-state index contributed by atoms with van der Waals surface area (Å²) in [5.41, 5.74) is 5.30. The first kappa shape index (κ1) is 14.9. The third-order valence-electron chi connectivity index (χ3n) is 3.36. The molecule has 4 nitrogen and oxygen atoms in total. The first-order valence-electron chi connectivity index (χ1n) is 6.97. The van der Waals surface area contributed by atoms with Gasteiger partial charge in [-0.15, -0.1) is 0 Å². The van der Waals surface area contributed by atoms with Crippen LogP contribution >= 0.6 is 0 Å². The van der Waals surface area contributed by atoms with E-state index in [4.69, 9.17) is 0 Å². The molecule has 0 atom stereocenters. The highest BCUT2D eigenvalue weighted by molar-refractivity contribution is 5.99. The van der Waals surface area contributed by atoms with Crippen LogP contribution in [0.4, 0.5) is 14.5 Å². The predicted molar refractivity (Wildman–Crippen MR) is 85.8 cm³/mol. The van der Waals surface area contributed by atoms with E-state index >= 15 is 0 Å². The maximum atomic E-state index is 13.5. The second kappa shape index (κ2) is 6.39. The van der Waals surface area contributed by atoms with E-state index in [0.29, 0.717) is 5.71 Å². The first-order chi connectivity index (χ1) is 11.1. The van der Waals surface area contributed by atoms with Gasteiger partial charge >= 0.3 is 0 Å². The topological polar surface area (TPSA) is 42.2 Å². The van der Waals surface area contributed by atoms with Crippen molar-refractivity contribution in [1.82, 2.24) is 9.55 Å². The van der Waals surface area contributed by atoms with Gasteiger partial charge in [-0.1, -0.05) is 12.1 Å². The second-order valence-electron chi connectivity index (χ2n) is 4.95. The molecule has 0 amide bonds. The number of hydrogen-bond donors (Lipinski definition) is 1. The number of anilines is 1. The lowest BCUT2D eigenvalue weighted by molar-refractivity contribution is 0.585. The molecule has 0 aliphatic carbocycles. The van der Waals surface area contributed by atoms with Gasteiger partial charge in [-0.25, -0.2) is 13.8 Å². The van der Waals surface area contributed by atoms with Gasteiger partial charge in [0, 0.05) is 24.1 Å². The van der Waals surface area contributed by atoms with Crippen LogP contribution in [0.25, 0.3) is 5.69 Å². The zero-order chi connectivity index (χ0) is 16.2. The van der Waals surface area contributed by atoms with Gasteiger partial charge in [0.2, 0.25) is 0 Å². The summed E-state index contributed by atoms with van der Waals surface area (Å²) < 4.78 is 28.3. The number of aromatic nitrogens is 2. The number of rotatable bonds is 4. The van der Waals surface area contributed by atoms with E-state index in [1.807, 2.05) is 35.0 Å². The van der Waals surface area contributed by atoms with Crippen LogP contribution in [0.3, 0.4) is 0 Å². The quantitative estimate of drug-likeness (QED) is 0.585. The Labute approximate surface area is 132 Å². The maximum Gasteiger partial charge on any atom is 0.151 e. The lowest BCUT2D eigenvalue weighted by Gasteiger charge is -2.06. The molecule has 0 unspecified atom stereocenters. The Hall–Kier alpha value is -3.02. The van der Waals surface area contributed by atoms with E-state index in [1.165, 1.54) is 12.1 Å². The number of halogens is 2. The largest absolute Gasteiger partial charge is 0.306 e. The Morgan fingerprint density at radius 2 is 1.91 bits per heavy atom. The van der Waals surface area contributed by atoms with Gasteiger partial charge in [0.1, 0.15) is 5.82 Å². The molecule has 23 heavy (non-hydrogen) atoms. The van der Waals surface area contributed by atoms with Gasteiger partial charge < -0.3 is 4.57 Å². The highest BCUT2D eigenvalue weighted by atomic mass is 19.1. The van der Waals surface area contributed by atoms with Crippen LogP contribution in [0.5, 0.6) is 0 Å². The Morgan fingerprint density at radius 1 is 1.13 bits per heavy atom. The van der Waals surface area contributed by atoms with Gasteiger partial charge in [-0.05, 0) is 36.8 Å². The summed E-state index contributed by atoms with van der Waals surface area (Å²) in [5, 5.41) is 4.13. The SMILES string of the molecule is C/C(=N/Nc1ccc(F)cc1F)c1ccc(-n2ccnc2)cc1. The molecule has 6 heteroatoms. The predicted octanol–water partition coefficient (Wildman–Crippen LogP) is 3.99. The van der Waals surface area contributed by atoms with Gasteiger partial charge in [0.15, 0.2) is 5.82 Å². The molecule has 3 aromatic rings. The van der Waals surface area contributed by atoms with E-state index in [1.54, 1.807) is 19.4 Å². The molecule has 1 heterocycles. The smallest absolute Gasteiger partial charge is 0.151 e. The fourth-order valence-electron chi connectivity index (χ4n) is 2.08. The number of hydrogen-bond acceptors (Lipinski definition) is 3. The van der Waals surface area contributed by atoms with E-state index in [-0.39, 0.29) is 5.69 Å². The summed E-state index contributed by atoms with van der Waals surface area (Å²) in [6, 6.07) is 11.0. The molecule has 0 bridgehead atoms. The molecule has 0 spiro atoms.